The van der Waals surface area contributed by atoms with Gasteiger partial charge in [0.2, 0.25) is 0 Å². The third-order valence-corrected chi connectivity index (χ3v) is 13.3. The molecule has 0 aromatic rings. The molecule has 1 saturated heterocycles. The van der Waals surface area contributed by atoms with Crippen LogP contribution in [0.15, 0.2) is 72.9 Å². The summed E-state index contributed by atoms with van der Waals surface area (Å²) in [5.41, 5.74) is 0. The van der Waals surface area contributed by atoms with E-state index >= 15 is 0 Å². The molecule has 0 spiro atoms. The highest BCUT2D eigenvalue weighted by molar-refractivity contribution is 5.74. The largest absolute Gasteiger partial charge is 0.479 e. The Morgan fingerprint density at radius 3 is 1.39 bits per heavy atom. The molecule has 0 saturated carbocycles. The van der Waals surface area contributed by atoms with E-state index < -0.39 is 67.3 Å². The fourth-order valence-electron chi connectivity index (χ4n) is 8.71. The van der Waals surface area contributed by atoms with Crippen molar-refractivity contribution in [2.45, 2.75) is 289 Å². The lowest BCUT2D eigenvalue weighted by Gasteiger charge is -2.40. The molecule has 0 amide bonds. The summed E-state index contributed by atoms with van der Waals surface area (Å²) >= 11 is 0. The fraction of sp³-hybridized carbons (Fsp3) is 0.746. The van der Waals surface area contributed by atoms with Gasteiger partial charge in [0, 0.05) is 19.3 Å². The molecule has 12 nitrogen and oxygen atoms in total. The van der Waals surface area contributed by atoms with Gasteiger partial charge in [-0.15, -0.1) is 0 Å². The molecule has 6 unspecified atom stereocenters. The number of allylic oxidation sites excluding steroid dienone is 12. The second-order valence-electron chi connectivity index (χ2n) is 20.3. The van der Waals surface area contributed by atoms with Gasteiger partial charge < -0.3 is 39.0 Å². The maximum atomic E-state index is 13.1. The first-order valence-electron chi connectivity index (χ1n) is 29.9. The molecule has 0 bridgehead atoms. The first-order chi connectivity index (χ1) is 36.6. The van der Waals surface area contributed by atoms with Crippen LogP contribution in [0.3, 0.4) is 0 Å². The van der Waals surface area contributed by atoms with Gasteiger partial charge in [-0.1, -0.05) is 235 Å². The molecule has 3 N–H and O–H groups in total. The molecule has 1 fully saturated rings. The quantitative estimate of drug-likeness (QED) is 0.0228. The second-order valence-corrected chi connectivity index (χ2v) is 20.3. The number of rotatable bonds is 50. The fourth-order valence-corrected chi connectivity index (χ4v) is 8.71. The zero-order valence-electron chi connectivity index (χ0n) is 47.3. The number of carboxylic acids is 1. The summed E-state index contributed by atoms with van der Waals surface area (Å²) in [7, 11) is 0. The Labute approximate surface area is 455 Å². The predicted octanol–water partition coefficient (Wildman–Crippen LogP) is 15.3. The Balaban J connectivity index is 2.69. The van der Waals surface area contributed by atoms with Crippen LogP contribution in [0.25, 0.3) is 0 Å². The highest BCUT2D eigenvalue weighted by atomic mass is 16.7. The molecular formula is C63H106O12. The van der Waals surface area contributed by atoms with Gasteiger partial charge in [-0.25, -0.2) is 4.79 Å². The van der Waals surface area contributed by atoms with E-state index in [9.17, 15) is 34.5 Å². The molecule has 6 atom stereocenters. The number of esters is 3. The van der Waals surface area contributed by atoms with Crippen molar-refractivity contribution in [3.05, 3.63) is 72.9 Å². The Morgan fingerprint density at radius 1 is 0.453 bits per heavy atom. The van der Waals surface area contributed by atoms with Crippen LogP contribution in [-0.4, -0.2) is 89.2 Å². The average molecular weight is 1060 g/mol. The standard InChI is InChI=1S/C63H106O12/c1-4-7-10-13-16-19-22-25-26-27-28-29-30-33-36-39-42-45-48-51-57(66)74-61-59(68)58(67)60(62(69)70)75-63(61)72-53-54(73-56(65)50-47-44-41-38-35-32-24-21-18-15-12-9-6-3)52-71-55(64)49-46-43-40-37-34-31-23-20-17-14-11-8-5-2/h8,11-12,15,17,20-21,24,31,34,40,43,54,58-61,63,67-68H,4-7,9-10,13-14,16,18-19,22-23,25-30,32-33,35-39,41-42,44-53H2,1-3H3,(H,69,70)/b11-8-,15-12-,20-17-,24-21-,34-31-,43-40-. The van der Waals surface area contributed by atoms with Crippen molar-refractivity contribution in [2.24, 2.45) is 0 Å². The maximum Gasteiger partial charge on any atom is 0.335 e. The van der Waals surface area contributed by atoms with E-state index in [0.29, 0.717) is 19.3 Å². The summed E-state index contributed by atoms with van der Waals surface area (Å²) in [6.45, 7) is 5.75. The van der Waals surface area contributed by atoms with E-state index in [0.717, 1.165) is 103 Å². The van der Waals surface area contributed by atoms with Crippen LogP contribution >= 0.6 is 0 Å². The minimum absolute atomic E-state index is 0.0540. The lowest BCUT2D eigenvalue weighted by molar-refractivity contribution is -0.301. The molecule has 75 heavy (non-hydrogen) atoms. The third kappa shape index (κ3) is 41.0. The van der Waals surface area contributed by atoms with Gasteiger partial charge in [0.1, 0.15) is 18.8 Å². The highest BCUT2D eigenvalue weighted by Gasteiger charge is 2.50. The van der Waals surface area contributed by atoms with Crippen LogP contribution in [0, 0.1) is 0 Å². The van der Waals surface area contributed by atoms with Gasteiger partial charge in [-0.3, -0.25) is 14.4 Å². The van der Waals surface area contributed by atoms with E-state index in [-0.39, 0.29) is 25.9 Å². The molecule has 0 radical (unpaired) electrons. The number of aliphatic hydroxyl groups is 2. The number of carboxylic acid groups (broad SMARTS) is 1. The summed E-state index contributed by atoms with van der Waals surface area (Å²) in [6, 6.07) is 0. The van der Waals surface area contributed by atoms with Crippen LogP contribution in [0.1, 0.15) is 252 Å². The van der Waals surface area contributed by atoms with Gasteiger partial charge in [0.05, 0.1) is 6.61 Å². The van der Waals surface area contributed by atoms with Crippen LogP contribution in [-0.2, 0) is 42.9 Å². The minimum atomic E-state index is -1.91. The van der Waals surface area contributed by atoms with E-state index in [2.05, 4.69) is 81.5 Å². The van der Waals surface area contributed by atoms with Crippen LogP contribution in [0.5, 0.6) is 0 Å². The number of carbonyl (C=O) groups is 4. The molecule has 430 valence electrons. The number of hydrogen-bond acceptors (Lipinski definition) is 11. The zero-order chi connectivity index (χ0) is 54.7. The SMILES string of the molecule is CC/C=C\C/C=C\C/C=C\C/C=C\CCC(=O)OCC(COC1OC(C(=O)O)C(O)C(O)C1OC(=O)CCCCCCCCCCCCCCCCCCCCC)OC(=O)CCCCCCC/C=C\C/C=C\CCC. The Kier molecular flexibility index (Phi) is 47.0. The first kappa shape index (κ1) is 69.2. The maximum absolute atomic E-state index is 13.1. The number of unbranched alkanes of at least 4 members (excludes halogenated alkanes) is 24. The summed E-state index contributed by atoms with van der Waals surface area (Å²) in [5, 5.41) is 31.5. The summed E-state index contributed by atoms with van der Waals surface area (Å²) in [6.07, 6.45) is 51.8. The number of aliphatic hydroxyl groups excluding tert-OH is 2. The molecule has 1 rings (SSSR count). The van der Waals surface area contributed by atoms with Crippen molar-refractivity contribution in [2.75, 3.05) is 13.2 Å². The number of carbonyl (C=O) groups excluding carboxylic acids is 3. The van der Waals surface area contributed by atoms with E-state index in [1.54, 1.807) is 0 Å². The summed E-state index contributed by atoms with van der Waals surface area (Å²) in [4.78, 5) is 51.0. The molecule has 1 aliphatic rings. The monoisotopic (exact) mass is 1050 g/mol. The molecule has 0 aromatic heterocycles. The minimum Gasteiger partial charge on any atom is -0.479 e. The van der Waals surface area contributed by atoms with Crippen molar-refractivity contribution in [3.8, 4) is 0 Å². The Hall–Kier alpha value is -3.84. The normalized spacial score (nSPS) is 18.7. The number of aliphatic carboxylic acids is 1. The van der Waals surface area contributed by atoms with Gasteiger partial charge in [-0.2, -0.15) is 0 Å². The lowest BCUT2D eigenvalue weighted by atomic mass is 9.98. The van der Waals surface area contributed by atoms with E-state index in [4.69, 9.17) is 23.7 Å². The molecule has 0 aromatic carbocycles. The van der Waals surface area contributed by atoms with Gasteiger partial charge in [0.15, 0.2) is 24.6 Å². The van der Waals surface area contributed by atoms with Crippen LogP contribution < -0.4 is 0 Å². The molecule has 12 heteroatoms. The second kappa shape index (κ2) is 50.9. The number of hydrogen-bond donors (Lipinski definition) is 3. The summed E-state index contributed by atoms with van der Waals surface area (Å²) in [5.74, 6) is -3.24. The third-order valence-electron chi connectivity index (χ3n) is 13.3. The first-order valence-corrected chi connectivity index (χ1v) is 29.9. The predicted molar refractivity (Wildman–Crippen MR) is 303 cm³/mol. The van der Waals surface area contributed by atoms with E-state index in [1.165, 1.54) is 89.9 Å². The van der Waals surface area contributed by atoms with Gasteiger partial charge >= 0.3 is 23.9 Å². The number of ether oxygens (including phenoxy) is 5. The molecule has 0 aliphatic carbocycles. The Morgan fingerprint density at radius 2 is 0.893 bits per heavy atom. The van der Waals surface area contributed by atoms with Crippen molar-refractivity contribution in [1.29, 1.82) is 0 Å². The van der Waals surface area contributed by atoms with E-state index in [1.807, 2.05) is 12.2 Å². The van der Waals surface area contributed by atoms with Crippen molar-refractivity contribution in [1.82, 2.24) is 0 Å². The van der Waals surface area contributed by atoms with Gasteiger partial charge in [-0.05, 0) is 70.6 Å². The molecular weight excluding hydrogens is 949 g/mol. The van der Waals surface area contributed by atoms with Crippen molar-refractivity contribution in [3.63, 3.8) is 0 Å². The van der Waals surface area contributed by atoms with Crippen molar-refractivity contribution < 1.29 is 58.2 Å². The average Bonchev–Trinajstić information content (AvgIpc) is 3.39. The van der Waals surface area contributed by atoms with Crippen LogP contribution in [0.4, 0.5) is 0 Å². The summed E-state index contributed by atoms with van der Waals surface area (Å²) < 4.78 is 28.3. The molecule has 1 heterocycles. The topological polar surface area (TPSA) is 175 Å². The molecule has 1 aliphatic heterocycles. The smallest absolute Gasteiger partial charge is 0.335 e. The lowest BCUT2D eigenvalue weighted by Crippen LogP contribution is -2.61. The Bertz CT molecular complexity index is 1580. The van der Waals surface area contributed by atoms with Crippen molar-refractivity contribution >= 4 is 23.9 Å². The van der Waals surface area contributed by atoms with Crippen LogP contribution in [0.2, 0.25) is 0 Å². The highest BCUT2D eigenvalue weighted by Crippen LogP contribution is 2.26. The zero-order valence-corrected chi connectivity index (χ0v) is 47.3. The van der Waals surface area contributed by atoms with Gasteiger partial charge in [0.25, 0.3) is 0 Å².